The number of aromatic nitrogens is 1. The number of amides is 1. The number of hydrogen-bond donors (Lipinski definition) is 1. The van der Waals surface area contributed by atoms with Gasteiger partial charge in [0, 0.05) is 24.1 Å². The number of halogens is 1. The number of fused-ring (bicyclic) bond motifs is 1. The van der Waals surface area contributed by atoms with Gasteiger partial charge in [-0.1, -0.05) is 42.8 Å². The summed E-state index contributed by atoms with van der Waals surface area (Å²) in [4.78, 5) is 12.6. The van der Waals surface area contributed by atoms with Gasteiger partial charge in [-0.15, -0.1) is 0 Å². The molecule has 0 aliphatic heterocycles. The van der Waals surface area contributed by atoms with Crippen LogP contribution in [0.5, 0.6) is 0 Å². The molecule has 1 amide bonds. The van der Waals surface area contributed by atoms with Gasteiger partial charge in [-0.3, -0.25) is 4.79 Å². The van der Waals surface area contributed by atoms with Crippen LogP contribution in [0.15, 0.2) is 48.7 Å². The van der Waals surface area contributed by atoms with Crippen LogP contribution in [0, 0.1) is 0 Å². The Kier molecular flexibility index (Phi) is 3.90. The monoisotopic (exact) mass is 312 g/mol. The summed E-state index contributed by atoms with van der Waals surface area (Å²) in [7, 11) is 1.93. The van der Waals surface area contributed by atoms with Gasteiger partial charge < -0.3 is 9.88 Å². The van der Waals surface area contributed by atoms with Crippen molar-refractivity contribution in [2.24, 2.45) is 7.05 Å². The van der Waals surface area contributed by atoms with Crippen molar-refractivity contribution in [2.45, 2.75) is 13.3 Å². The van der Waals surface area contributed by atoms with E-state index in [0.29, 0.717) is 16.3 Å². The molecule has 0 saturated carbocycles. The van der Waals surface area contributed by atoms with Crippen LogP contribution >= 0.6 is 11.6 Å². The van der Waals surface area contributed by atoms with E-state index in [1.54, 1.807) is 0 Å². The molecule has 0 atom stereocenters. The number of benzene rings is 2. The number of nitrogens with zero attached hydrogens (tertiary/aromatic N) is 1. The molecular weight excluding hydrogens is 296 g/mol. The van der Waals surface area contributed by atoms with Crippen LogP contribution in [0.4, 0.5) is 5.69 Å². The lowest BCUT2D eigenvalue weighted by atomic mass is 10.1. The first-order valence-corrected chi connectivity index (χ1v) is 7.61. The van der Waals surface area contributed by atoms with Crippen LogP contribution in [0.3, 0.4) is 0 Å². The maximum atomic E-state index is 12.6. The Morgan fingerprint density at radius 2 is 2.00 bits per heavy atom. The van der Waals surface area contributed by atoms with Crippen molar-refractivity contribution in [1.29, 1.82) is 0 Å². The van der Waals surface area contributed by atoms with Crippen molar-refractivity contribution in [3.63, 3.8) is 0 Å². The zero-order valence-corrected chi connectivity index (χ0v) is 13.3. The van der Waals surface area contributed by atoms with Crippen molar-refractivity contribution in [3.8, 4) is 0 Å². The number of carbonyl (C=O) groups excluding carboxylic acids is 1. The summed E-state index contributed by atoms with van der Waals surface area (Å²) in [6.45, 7) is 2.07. The van der Waals surface area contributed by atoms with Gasteiger partial charge >= 0.3 is 0 Å². The van der Waals surface area contributed by atoms with Crippen molar-refractivity contribution in [3.05, 3.63) is 64.8 Å². The normalized spacial score (nSPS) is 10.9. The Labute approximate surface area is 134 Å². The molecule has 0 fully saturated rings. The van der Waals surface area contributed by atoms with Crippen LogP contribution in [0.25, 0.3) is 10.9 Å². The smallest absolute Gasteiger partial charge is 0.257 e. The van der Waals surface area contributed by atoms with Crippen LogP contribution in [-0.2, 0) is 13.5 Å². The molecule has 1 aromatic heterocycles. The molecule has 0 spiro atoms. The zero-order valence-electron chi connectivity index (χ0n) is 12.6. The molecule has 3 aromatic rings. The second kappa shape index (κ2) is 5.85. The Bertz CT molecular complexity index is 851. The predicted molar refractivity (Wildman–Crippen MR) is 91.7 cm³/mol. The molecule has 1 N–H and O–H groups in total. The van der Waals surface area contributed by atoms with Crippen LogP contribution in [0.1, 0.15) is 22.8 Å². The highest BCUT2D eigenvalue weighted by Crippen LogP contribution is 2.26. The fraction of sp³-hybridized carbons (Fsp3) is 0.167. The minimum atomic E-state index is -0.150. The molecule has 4 heteroatoms. The molecule has 0 bridgehead atoms. The highest BCUT2D eigenvalue weighted by Gasteiger charge is 2.14. The summed E-state index contributed by atoms with van der Waals surface area (Å²) in [5, 5.41) is 4.40. The summed E-state index contributed by atoms with van der Waals surface area (Å²) in [6, 6.07) is 13.6. The molecule has 3 rings (SSSR count). The number of para-hydroxylation sites is 1. The number of rotatable bonds is 3. The SMILES string of the molecule is CCc1ccc(NC(=O)c2cn(C)c3ccccc23)c(Cl)c1. The number of hydrogen-bond acceptors (Lipinski definition) is 1. The largest absolute Gasteiger partial charge is 0.350 e. The van der Waals surface area contributed by atoms with Crippen molar-refractivity contribution in [1.82, 2.24) is 4.57 Å². The first-order valence-electron chi connectivity index (χ1n) is 7.24. The van der Waals surface area contributed by atoms with E-state index in [1.807, 2.05) is 60.3 Å². The summed E-state index contributed by atoms with van der Waals surface area (Å²) >= 11 is 6.24. The standard InChI is InChI=1S/C18H17ClN2O/c1-3-12-8-9-16(15(19)10-12)20-18(22)14-11-21(2)17-7-5-4-6-13(14)17/h4-11H,3H2,1-2H3,(H,20,22). The van der Waals surface area contributed by atoms with Gasteiger partial charge in [0.2, 0.25) is 0 Å². The van der Waals surface area contributed by atoms with Gasteiger partial charge in [-0.05, 0) is 30.2 Å². The van der Waals surface area contributed by atoms with Gasteiger partial charge in [0.1, 0.15) is 0 Å². The van der Waals surface area contributed by atoms with E-state index in [-0.39, 0.29) is 5.91 Å². The highest BCUT2D eigenvalue weighted by molar-refractivity contribution is 6.34. The number of nitrogens with one attached hydrogen (secondary N) is 1. The van der Waals surface area contributed by atoms with E-state index < -0.39 is 0 Å². The van der Waals surface area contributed by atoms with Gasteiger partial charge in [0.25, 0.3) is 5.91 Å². The number of carbonyl (C=O) groups is 1. The lowest BCUT2D eigenvalue weighted by molar-refractivity contribution is 0.102. The van der Waals surface area contributed by atoms with Crippen molar-refractivity contribution in [2.75, 3.05) is 5.32 Å². The van der Waals surface area contributed by atoms with Crippen molar-refractivity contribution >= 4 is 34.1 Å². The predicted octanol–water partition coefficient (Wildman–Crippen LogP) is 4.65. The zero-order chi connectivity index (χ0) is 15.7. The number of anilines is 1. The number of aryl methyl sites for hydroxylation is 2. The highest BCUT2D eigenvalue weighted by atomic mass is 35.5. The van der Waals surface area contributed by atoms with Gasteiger partial charge in [0.05, 0.1) is 16.3 Å². The fourth-order valence-electron chi connectivity index (χ4n) is 2.59. The minimum Gasteiger partial charge on any atom is -0.350 e. The minimum absolute atomic E-state index is 0.150. The summed E-state index contributed by atoms with van der Waals surface area (Å²) in [5.41, 5.74) is 3.46. The fourth-order valence-corrected chi connectivity index (χ4v) is 2.84. The molecule has 112 valence electrons. The first-order chi connectivity index (χ1) is 10.6. The van der Waals surface area contributed by atoms with Crippen LogP contribution < -0.4 is 5.32 Å². The molecule has 0 aliphatic rings. The molecule has 0 unspecified atom stereocenters. The lowest BCUT2D eigenvalue weighted by Gasteiger charge is -2.08. The van der Waals surface area contributed by atoms with E-state index in [4.69, 9.17) is 11.6 Å². The van der Waals surface area contributed by atoms with E-state index in [1.165, 1.54) is 0 Å². The molecule has 22 heavy (non-hydrogen) atoms. The topological polar surface area (TPSA) is 34.0 Å². The molecule has 0 saturated heterocycles. The van der Waals surface area contributed by atoms with E-state index in [0.717, 1.165) is 22.9 Å². The molecule has 1 heterocycles. The summed E-state index contributed by atoms with van der Waals surface area (Å²) < 4.78 is 1.95. The summed E-state index contributed by atoms with van der Waals surface area (Å²) in [5.74, 6) is -0.150. The second-order valence-electron chi connectivity index (χ2n) is 5.29. The average Bonchev–Trinajstić information content (AvgIpc) is 2.87. The Hall–Kier alpha value is -2.26. The second-order valence-corrected chi connectivity index (χ2v) is 5.70. The van der Waals surface area contributed by atoms with Gasteiger partial charge in [0.15, 0.2) is 0 Å². The molecular formula is C18H17ClN2O. The summed E-state index contributed by atoms with van der Waals surface area (Å²) in [6.07, 6.45) is 2.76. The van der Waals surface area contributed by atoms with E-state index >= 15 is 0 Å². The van der Waals surface area contributed by atoms with Gasteiger partial charge in [-0.25, -0.2) is 0 Å². The van der Waals surface area contributed by atoms with Gasteiger partial charge in [-0.2, -0.15) is 0 Å². The quantitative estimate of drug-likeness (QED) is 0.750. The molecule has 2 aromatic carbocycles. The lowest BCUT2D eigenvalue weighted by Crippen LogP contribution is -2.12. The van der Waals surface area contributed by atoms with E-state index in [2.05, 4.69) is 12.2 Å². The van der Waals surface area contributed by atoms with Crippen molar-refractivity contribution < 1.29 is 4.79 Å². The maximum absolute atomic E-state index is 12.6. The third-order valence-corrected chi connectivity index (χ3v) is 4.14. The average molecular weight is 313 g/mol. The molecule has 3 nitrogen and oxygen atoms in total. The molecule has 0 aliphatic carbocycles. The van der Waals surface area contributed by atoms with Crippen LogP contribution in [0.2, 0.25) is 5.02 Å². The Morgan fingerprint density at radius 1 is 1.23 bits per heavy atom. The van der Waals surface area contributed by atoms with E-state index in [9.17, 15) is 4.79 Å². The third kappa shape index (κ3) is 2.60. The first kappa shape index (κ1) is 14.7. The maximum Gasteiger partial charge on any atom is 0.257 e. The third-order valence-electron chi connectivity index (χ3n) is 3.83. The Balaban J connectivity index is 1.94. The molecule has 0 radical (unpaired) electrons. The Morgan fingerprint density at radius 3 is 2.73 bits per heavy atom. The van der Waals surface area contributed by atoms with Crippen LogP contribution in [-0.4, -0.2) is 10.5 Å².